The van der Waals surface area contributed by atoms with Gasteiger partial charge in [-0.15, -0.1) is 0 Å². The lowest BCUT2D eigenvalue weighted by Gasteiger charge is -2.06. The lowest BCUT2D eigenvalue weighted by Crippen LogP contribution is -2.26. The van der Waals surface area contributed by atoms with Gasteiger partial charge in [0.1, 0.15) is 5.69 Å². The average Bonchev–Trinajstić information content (AvgIpc) is 2.98. The molecule has 0 bridgehead atoms. The van der Waals surface area contributed by atoms with Gasteiger partial charge in [-0.2, -0.15) is 0 Å². The number of aromatic nitrogens is 1. The maximum atomic E-state index is 12.1. The van der Waals surface area contributed by atoms with Gasteiger partial charge < -0.3 is 10.3 Å². The number of fused-ring (bicyclic) bond motifs is 1. The quantitative estimate of drug-likeness (QED) is 0.670. The van der Waals surface area contributed by atoms with Crippen molar-refractivity contribution in [1.29, 1.82) is 0 Å². The molecule has 4 heteroatoms. The van der Waals surface area contributed by atoms with Crippen LogP contribution in [0, 0.1) is 0 Å². The molecule has 1 aliphatic heterocycles. The van der Waals surface area contributed by atoms with Crippen molar-refractivity contribution in [3.63, 3.8) is 0 Å². The standard InChI is InChI=1S/C15H14N2O2/c16-15(19)14(18)13-12(10-5-2-1-3-6-10)9-11-7-4-8-17(11)13/h1-3,5-6,9H,4,7-8H2,(H2,16,19). The number of carbonyl (C=O) groups is 2. The molecule has 1 aromatic heterocycles. The monoisotopic (exact) mass is 254 g/mol. The molecule has 19 heavy (non-hydrogen) atoms. The van der Waals surface area contributed by atoms with E-state index in [2.05, 4.69) is 0 Å². The Morgan fingerprint density at radius 1 is 1.16 bits per heavy atom. The highest BCUT2D eigenvalue weighted by Gasteiger charge is 2.27. The molecule has 0 atom stereocenters. The van der Waals surface area contributed by atoms with Gasteiger partial charge in [-0.25, -0.2) is 0 Å². The topological polar surface area (TPSA) is 65.1 Å². The summed E-state index contributed by atoms with van der Waals surface area (Å²) in [5, 5.41) is 0. The second kappa shape index (κ2) is 4.39. The van der Waals surface area contributed by atoms with Crippen molar-refractivity contribution in [2.24, 2.45) is 5.73 Å². The number of primary amides is 1. The molecule has 4 nitrogen and oxygen atoms in total. The fourth-order valence-corrected chi connectivity index (χ4v) is 2.68. The van der Waals surface area contributed by atoms with E-state index in [1.54, 1.807) is 0 Å². The molecule has 2 aromatic rings. The van der Waals surface area contributed by atoms with Crippen molar-refractivity contribution in [3.05, 3.63) is 47.8 Å². The SMILES string of the molecule is NC(=O)C(=O)c1c(-c2ccccc2)cc2n1CCC2. The summed E-state index contributed by atoms with van der Waals surface area (Å²) in [5.74, 6) is -1.50. The minimum atomic E-state index is -0.898. The van der Waals surface area contributed by atoms with Gasteiger partial charge >= 0.3 is 0 Å². The molecular weight excluding hydrogens is 240 g/mol. The summed E-state index contributed by atoms with van der Waals surface area (Å²) in [6.07, 6.45) is 1.94. The smallest absolute Gasteiger partial charge is 0.291 e. The van der Waals surface area contributed by atoms with E-state index in [0.29, 0.717) is 5.69 Å². The molecule has 2 N–H and O–H groups in total. The van der Waals surface area contributed by atoms with Crippen LogP contribution in [-0.4, -0.2) is 16.3 Å². The first-order chi connectivity index (χ1) is 9.18. The van der Waals surface area contributed by atoms with E-state index in [1.165, 1.54) is 0 Å². The number of rotatable bonds is 3. The molecule has 96 valence electrons. The van der Waals surface area contributed by atoms with Crippen LogP contribution in [0.15, 0.2) is 36.4 Å². The molecule has 1 aromatic carbocycles. The van der Waals surface area contributed by atoms with Crippen molar-refractivity contribution in [2.75, 3.05) is 0 Å². The number of Topliss-reactive ketones (excluding diaryl/α,β-unsaturated/α-hetero) is 1. The van der Waals surface area contributed by atoms with Crippen LogP contribution in [0.2, 0.25) is 0 Å². The average molecular weight is 254 g/mol. The van der Waals surface area contributed by atoms with Crippen LogP contribution < -0.4 is 5.73 Å². The van der Waals surface area contributed by atoms with Crippen LogP contribution >= 0.6 is 0 Å². The Labute approximate surface area is 110 Å². The maximum Gasteiger partial charge on any atom is 0.291 e. The molecule has 0 spiro atoms. The summed E-state index contributed by atoms with van der Waals surface area (Å²) in [4.78, 5) is 23.3. The van der Waals surface area contributed by atoms with E-state index in [0.717, 1.165) is 36.2 Å². The zero-order valence-electron chi connectivity index (χ0n) is 10.4. The summed E-state index contributed by atoms with van der Waals surface area (Å²) in [7, 11) is 0. The predicted molar refractivity (Wildman–Crippen MR) is 71.7 cm³/mol. The lowest BCUT2D eigenvalue weighted by molar-refractivity contribution is -0.114. The van der Waals surface area contributed by atoms with E-state index in [1.807, 2.05) is 41.0 Å². The molecule has 0 fully saturated rings. The third kappa shape index (κ3) is 1.85. The van der Waals surface area contributed by atoms with Crippen LogP contribution in [0.5, 0.6) is 0 Å². The third-order valence-corrected chi connectivity index (χ3v) is 3.52. The van der Waals surface area contributed by atoms with Gasteiger partial charge in [-0.05, 0) is 24.5 Å². The van der Waals surface area contributed by atoms with E-state index < -0.39 is 11.7 Å². The predicted octanol–water partition coefficient (Wildman–Crippen LogP) is 1.77. The Kier molecular flexibility index (Phi) is 2.71. The summed E-state index contributed by atoms with van der Waals surface area (Å²) in [6.45, 7) is 0.774. The Hall–Kier alpha value is -2.36. The maximum absolute atomic E-state index is 12.1. The van der Waals surface area contributed by atoms with Crippen molar-refractivity contribution in [3.8, 4) is 11.1 Å². The first-order valence-corrected chi connectivity index (χ1v) is 6.30. The first-order valence-electron chi connectivity index (χ1n) is 6.30. The zero-order valence-corrected chi connectivity index (χ0v) is 10.4. The zero-order chi connectivity index (χ0) is 13.4. The van der Waals surface area contributed by atoms with Gasteiger partial charge in [0.25, 0.3) is 11.7 Å². The number of hydrogen-bond acceptors (Lipinski definition) is 2. The van der Waals surface area contributed by atoms with Crippen LogP contribution in [0.1, 0.15) is 22.6 Å². The van der Waals surface area contributed by atoms with Gasteiger partial charge in [0.2, 0.25) is 0 Å². The fraction of sp³-hybridized carbons (Fsp3) is 0.200. The van der Waals surface area contributed by atoms with Crippen LogP contribution in [0.3, 0.4) is 0 Å². The van der Waals surface area contributed by atoms with Crippen molar-refractivity contribution >= 4 is 11.7 Å². The van der Waals surface area contributed by atoms with Gasteiger partial charge in [0.05, 0.1) is 0 Å². The molecule has 0 saturated heterocycles. The van der Waals surface area contributed by atoms with Crippen molar-refractivity contribution in [2.45, 2.75) is 19.4 Å². The molecule has 2 heterocycles. The van der Waals surface area contributed by atoms with Crippen LogP contribution in [-0.2, 0) is 17.8 Å². The number of benzene rings is 1. The van der Waals surface area contributed by atoms with E-state index in [9.17, 15) is 9.59 Å². The normalized spacial score (nSPS) is 13.3. The molecule has 0 radical (unpaired) electrons. The van der Waals surface area contributed by atoms with Gasteiger partial charge in [0, 0.05) is 17.8 Å². The largest absolute Gasteiger partial charge is 0.363 e. The number of aryl methyl sites for hydroxylation is 1. The Morgan fingerprint density at radius 3 is 2.58 bits per heavy atom. The summed E-state index contributed by atoms with van der Waals surface area (Å²) >= 11 is 0. The highest BCUT2D eigenvalue weighted by molar-refractivity contribution is 6.43. The minimum absolute atomic E-state index is 0.436. The highest BCUT2D eigenvalue weighted by Crippen LogP contribution is 2.31. The number of ketones is 1. The summed E-state index contributed by atoms with van der Waals surface area (Å²) in [5.41, 5.74) is 8.45. The Balaban J connectivity index is 2.21. The number of nitrogens with zero attached hydrogens (tertiary/aromatic N) is 1. The van der Waals surface area contributed by atoms with Crippen molar-refractivity contribution < 1.29 is 9.59 Å². The highest BCUT2D eigenvalue weighted by atomic mass is 16.2. The summed E-state index contributed by atoms with van der Waals surface area (Å²) < 4.78 is 1.93. The second-order valence-corrected chi connectivity index (χ2v) is 4.71. The molecule has 0 saturated carbocycles. The first kappa shape index (κ1) is 11.7. The lowest BCUT2D eigenvalue weighted by atomic mass is 10.0. The van der Waals surface area contributed by atoms with Gasteiger partial charge in [-0.1, -0.05) is 30.3 Å². The number of carbonyl (C=O) groups excluding carboxylic acids is 2. The minimum Gasteiger partial charge on any atom is -0.363 e. The van der Waals surface area contributed by atoms with Crippen LogP contribution in [0.25, 0.3) is 11.1 Å². The Bertz CT molecular complexity index is 656. The second-order valence-electron chi connectivity index (χ2n) is 4.71. The van der Waals surface area contributed by atoms with Crippen LogP contribution in [0.4, 0.5) is 0 Å². The number of hydrogen-bond donors (Lipinski definition) is 1. The fourth-order valence-electron chi connectivity index (χ4n) is 2.68. The molecule has 0 aliphatic carbocycles. The molecule has 1 aliphatic rings. The van der Waals surface area contributed by atoms with E-state index >= 15 is 0 Å². The van der Waals surface area contributed by atoms with E-state index in [-0.39, 0.29) is 0 Å². The number of nitrogens with two attached hydrogens (primary N) is 1. The van der Waals surface area contributed by atoms with Gasteiger partial charge in [0.15, 0.2) is 0 Å². The molecule has 0 unspecified atom stereocenters. The third-order valence-electron chi connectivity index (χ3n) is 3.52. The molecule has 1 amide bonds. The number of amides is 1. The van der Waals surface area contributed by atoms with E-state index in [4.69, 9.17) is 5.73 Å². The Morgan fingerprint density at radius 2 is 1.89 bits per heavy atom. The summed E-state index contributed by atoms with van der Waals surface area (Å²) in [6, 6.07) is 11.6. The molecular formula is C15H14N2O2. The van der Waals surface area contributed by atoms with Crippen molar-refractivity contribution in [1.82, 2.24) is 4.57 Å². The molecule has 3 rings (SSSR count). The van der Waals surface area contributed by atoms with Gasteiger partial charge in [-0.3, -0.25) is 9.59 Å².